The zero-order valence-corrected chi connectivity index (χ0v) is 37.6. The van der Waals surface area contributed by atoms with Gasteiger partial charge in [-0.1, -0.05) is 174 Å². The third-order valence-electron chi connectivity index (χ3n) is 10.0. The molecule has 1 N–H and O–H groups in total. The first-order valence-corrected chi connectivity index (χ1v) is 24.4. The molecule has 0 aliphatic rings. The Morgan fingerprint density at radius 1 is 0.545 bits per heavy atom. The molecular formula is C45H89NO8P+. The summed E-state index contributed by atoms with van der Waals surface area (Å²) in [5.74, 6) is -0.798. The molecule has 0 spiro atoms. The molecule has 0 aromatic rings. The van der Waals surface area contributed by atoms with Crippen LogP contribution in [-0.4, -0.2) is 74.9 Å². The number of esters is 2. The van der Waals surface area contributed by atoms with E-state index in [2.05, 4.69) is 26.0 Å². The number of unbranched alkanes of at least 4 members (excludes halogenated alkanes) is 26. The van der Waals surface area contributed by atoms with E-state index in [1.165, 1.54) is 128 Å². The lowest BCUT2D eigenvalue weighted by Gasteiger charge is -2.24. The number of phosphoric acid groups is 1. The van der Waals surface area contributed by atoms with Gasteiger partial charge < -0.3 is 18.9 Å². The minimum atomic E-state index is -4.37. The van der Waals surface area contributed by atoms with E-state index in [1.807, 2.05) is 21.1 Å². The molecule has 0 saturated heterocycles. The Kier molecular flexibility index (Phi) is 37.4. The quantitative estimate of drug-likeness (QED) is 0.0214. The van der Waals surface area contributed by atoms with Crippen LogP contribution >= 0.6 is 7.82 Å². The van der Waals surface area contributed by atoms with Crippen LogP contribution in [0.1, 0.15) is 213 Å². The number of phosphoric ester groups is 1. The highest BCUT2D eigenvalue weighted by molar-refractivity contribution is 7.47. The number of allylic oxidation sites excluding steroid dienone is 2. The van der Waals surface area contributed by atoms with Crippen molar-refractivity contribution in [3.8, 4) is 0 Å². The number of carbonyl (C=O) groups excluding carboxylic acids is 2. The second-order valence-corrected chi connectivity index (χ2v) is 18.2. The predicted octanol–water partition coefficient (Wildman–Crippen LogP) is 13.0. The number of hydrogen-bond donors (Lipinski definition) is 1. The van der Waals surface area contributed by atoms with Crippen LogP contribution < -0.4 is 0 Å². The van der Waals surface area contributed by atoms with Crippen molar-refractivity contribution in [2.24, 2.45) is 0 Å². The molecule has 0 amide bonds. The molecule has 0 heterocycles. The first-order valence-electron chi connectivity index (χ1n) is 22.9. The summed E-state index contributed by atoms with van der Waals surface area (Å²) in [6.07, 6.45) is 39.7. The number of ether oxygens (including phenoxy) is 2. The van der Waals surface area contributed by atoms with E-state index >= 15 is 0 Å². The standard InChI is InChI=1S/C45H88NO8P/c1-6-8-10-12-14-16-18-20-22-23-24-26-27-29-31-33-35-37-44(47)51-41-43(42-53-55(49,50)52-40-39-46(3,4)5)54-45(48)38-36-34-32-30-28-25-21-19-17-15-13-11-9-7-2/h19,21,43H,6-18,20,22-42H2,1-5H3/p+1/b21-19+/t43-/m1/s1. The lowest BCUT2D eigenvalue weighted by atomic mass is 10.0. The van der Waals surface area contributed by atoms with E-state index in [-0.39, 0.29) is 25.6 Å². The van der Waals surface area contributed by atoms with Gasteiger partial charge in [-0.15, -0.1) is 0 Å². The van der Waals surface area contributed by atoms with Crippen molar-refractivity contribution in [1.29, 1.82) is 0 Å². The van der Waals surface area contributed by atoms with Gasteiger partial charge in [0, 0.05) is 12.8 Å². The van der Waals surface area contributed by atoms with Crippen molar-refractivity contribution >= 4 is 19.8 Å². The van der Waals surface area contributed by atoms with Gasteiger partial charge in [0.25, 0.3) is 0 Å². The topological polar surface area (TPSA) is 108 Å². The Hall–Kier alpha value is -1.25. The van der Waals surface area contributed by atoms with Crippen molar-refractivity contribution in [2.75, 3.05) is 47.5 Å². The molecule has 0 fully saturated rings. The molecular weight excluding hydrogens is 713 g/mol. The second-order valence-electron chi connectivity index (χ2n) is 16.8. The molecule has 0 aromatic heterocycles. The largest absolute Gasteiger partial charge is 0.472 e. The van der Waals surface area contributed by atoms with E-state index in [9.17, 15) is 19.0 Å². The second kappa shape index (κ2) is 38.3. The minimum Gasteiger partial charge on any atom is -0.462 e. The maximum absolute atomic E-state index is 12.7. The molecule has 0 saturated carbocycles. The molecule has 0 aromatic carbocycles. The van der Waals surface area contributed by atoms with E-state index < -0.39 is 26.5 Å². The zero-order chi connectivity index (χ0) is 40.7. The van der Waals surface area contributed by atoms with Gasteiger partial charge >= 0.3 is 19.8 Å². The van der Waals surface area contributed by atoms with Crippen molar-refractivity contribution in [3.63, 3.8) is 0 Å². The Morgan fingerprint density at radius 3 is 1.35 bits per heavy atom. The van der Waals surface area contributed by atoms with Crippen molar-refractivity contribution in [1.82, 2.24) is 0 Å². The smallest absolute Gasteiger partial charge is 0.462 e. The van der Waals surface area contributed by atoms with Crippen LogP contribution in [0.4, 0.5) is 0 Å². The van der Waals surface area contributed by atoms with Gasteiger partial charge in [0.2, 0.25) is 0 Å². The van der Waals surface area contributed by atoms with Crippen LogP contribution in [-0.2, 0) is 32.7 Å². The maximum atomic E-state index is 12.7. The normalized spacial score (nSPS) is 13.6. The Balaban J connectivity index is 4.30. The Morgan fingerprint density at radius 2 is 0.927 bits per heavy atom. The van der Waals surface area contributed by atoms with Gasteiger partial charge in [-0.3, -0.25) is 18.6 Å². The lowest BCUT2D eigenvalue weighted by Crippen LogP contribution is -2.37. The molecule has 9 nitrogen and oxygen atoms in total. The van der Waals surface area contributed by atoms with Gasteiger partial charge in [-0.2, -0.15) is 0 Å². The summed E-state index contributed by atoms with van der Waals surface area (Å²) in [7, 11) is 1.48. The molecule has 0 rings (SSSR count). The van der Waals surface area contributed by atoms with Crippen LogP contribution in [0.5, 0.6) is 0 Å². The molecule has 10 heteroatoms. The van der Waals surface area contributed by atoms with E-state index in [0.29, 0.717) is 23.9 Å². The molecule has 1 unspecified atom stereocenters. The fourth-order valence-corrected chi connectivity index (χ4v) is 7.16. The molecule has 2 atom stereocenters. The van der Waals surface area contributed by atoms with Crippen LogP contribution in [0.3, 0.4) is 0 Å². The molecule has 326 valence electrons. The highest BCUT2D eigenvalue weighted by atomic mass is 31.2. The van der Waals surface area contributed by atoms with Crippen LogP contribution in [0.15, 0.2) is 12.2 Å². The molecule has 0 bridgehead atoms. The monoisotopic (exact) mass is 803 g/mol. The summed E-state index contributed by atoms with van der Waals surface area (Å²) in [5, 5.41) is 0. The first kappa shape index (κ1) is 53.8. The zero-order valence-electron chi connectivity index (χ0n) is 36.7. The lowest BCUT2D eigenvalue weighted by molar-refractivity contribution is -0.870. The van der Waals surface area contributed by atoms with Gasteiger partial charge in [-0.25, -0.2) is 4.57 Å². The average molecular weight is 803 g/mol. The average Bonchev–Trinajstić information content (AvgIpc) is 3.13. The fourth-order valence-electron chi connectivity index (χ4n) is 6.42. The van der Waals surface area contributed by atoms with Crippen LogP contribution in [0.2, 0.25) is 0 Å². The number of nitrogens with zero attached hydrogens (tertiary/aromatic N) is 1. The summed E-state index contributed by atoms with van der Waals surface area (Å²) in [6, 6.07) is 0. The Labute approximate surface area is 339 Å². The summed E-state index contributed by atoms with van der Waals surface area (Å²) in [5.41, 5.74) is 0. The minimum absolute atomic E-state index is 0.0332. The van der Waals surface area contributed by atoms with Gasteiger partial charge in [-0.05, 0) is 38.5 Å². The summed E-state index contributed by atoms with van der Waals surface area (Å²) >= 11 is 0. The van der Waals surface area contributed by atoms with Crippen molar-refractivity contribution < 1.29 is 42.1 Å². The number of hydrogen-bond acceptors (Lipinski definition) is 7. The predicted molar refractivity (Wildman–Crippen MR) is 229 cm³/mol. The number of quaternary nitrogens is 1. The number of likely N-dealkylation sites (N-methyl/N-ethyl adjacent to an activating group) is 1. The van der Waals surface area contributed by atoms with Crippen LogP contribution in [0, 0.1) is 0 Å². The maximum Gasteiger partial charge on any atom is 0.472 e. The molecule has 0 aliphatic heterocycles. The van der Waals surface area contributed by atoms with Crippen LogP contribution in [0.25, 0.3) is 0 Å². The SMILES string of the molecule is CCCCCCC/C=C/CCCCCCCC(=O)O[C@H](COC(=O)CCCCCCCCCCCCCCCCCCC)COP(=O)(O)OCC[N+](C)(C)C. The molecule has 0 radical (unpaired) electrons. The Bertz CT molecular complexity index is 954. The van der Waals surface area contributed by atoms with Gasteiger partial charge in [0.1, 0.15) is 19.8 Å². The van der Waals surface area contributed by atoms with Gasteiger partial charge in [0.15, 0.2) is 6.10 Å². The highest BCUT2D eigenvalue weighted by Gasteiger charge is 2.27. The fraction of sp³-hybridized carbons (Fsp3) is 0.911. The van der Waals surface area contributed by atoms with E-state index in [0.717, 1.165) is 51.4 Å². The first-order chi connectivity index (χ1) is 26.5. The summed E-state index contributed by atoms with van der Waals surface area (Å²) in [6.45, 7) is 4.43. The van der Waals surface area contributed by atoms with E-state index in [4.69, 9.17) is 18.5 Å². The van der Waals surface area contributed by atoms with Gasteiger partial charge in [0.05, 0.1) is 27.7 Å². The summed E-state index contributed by atoms with van der Waals surface area (Å²) < 4.78 is 34.3. The van der Waals surface area contributed by atoms with Crippen molar-refractivity contribution in [2.45, 2.75) is 219 Å². The summed E-state index contributed by atoms with van der Waals surface area (Å²) in [4.78, 5) is 35.4. The highest BCUT2D eigenvalue weighted by Crippen LogP contribution is 2.43. The molecule has 0 aliphatic carbocycles. The van der Waals surface area contributed by atoms with Crippen molar-refractivity contribution in [3.05, 3.63) is 12.2 Å². The number of carbonyl (C=O) groups is 2. The third-order valence-corrected chi connectivity index (χ3v) is 11.0. The van der Waals surface area contributed by atoms with E-state index in [1.54, 1.807) is 0 Å². The number of rotatable bonds is 42. The third kappa shape index (κ3) is 42.2. The molecule has 55 heavy (non-hydrogen) atoms.